The highest BCUT2D eigenvalue weighted by Gasteiger charge is 2.39. The quantitative estimate of drug-likeness (QED) is 0.481. The van der Waals surface area contributed by atoms with Crippen molar-refractivity contribution >= 4 is 5.91 Å². The van der Waals surface area contributed by atoms with Crippen LogP contribution in [0, 0.1) is 5.92 Å². The van der Waals surface area contributed by atoms with Crippen molar-refractivity contribution in [1.29, 1.82) is 0 Å². The van der Waals surface area contributed by atoms with Gasteiger partial charge in [-0.2, -0.15) is 0 Å². The molecule has 3 heteroatoms. The number of fused-ring (bicyclic) bond motifs is 2. The number of rotatable bonds is 0. The molecule has 56 valence electrons. The SMILES string of the molecule is N[C@H]1CC[C@@H]2C[C@@H]1C(=O)N2. The largest absolute Gasteiger partial charge is 0.353 e. The van der Waals surface area contributed by atoms with Crippen molar-refractivity contribution in [3.63, 3.8) is 0 Å². The van der Waals surface area contributed by atoms with Crippen LogP contribution in [0.25, 0.3) is 0 Å². The van der Waals surface area contributed by atoms with Gasteiger partial charge in [0.25, 0.3) is 0 Å². The summed E-state index contributed by atoms with van der Waals surface area (Å²) in [6.07, 6.45) is 3.05. The third-order valence-corrected chi connectivity index (χ3v) is 2.59. The second-order valence-corrected chi connectivity index (χ2v) is 3.29. The maximum Gasteiger partial charge on any atom is 0.224 e. The lowest BCUT2D eigenvalue weighted by Gasteiger charge is -2.21. The molecule has 0 unspecified atom stereocenters. The highest BCUT2D eigenvalue weighted by atomic mass is 16.2. The van der Waals surface area contributed by atoms with E-state index in [4.69, 9.17) is 5.73 Å². The molecule has 2 aliphatic rings. The number of amides is 1. The van der Waals surface area contributed by atoms with Crippen LogP contribution in [0.4, 0.5) is 0 Å². The number of hydrogen-bond donors (Lipinski definition) is 2. The minimum Gasteiger partial charge on any atom is -0.353 e. The Hall–Kier alpha value is -0.570. The van der Waals surface area contributed by atoms with Gasteiger partial charge in [0.1, 0.15) is 0 Å². The molecule has 1 aliphatic carbocycles. The molecule has 10 heavy (non-hydrogen) atoms. The molecule has 3 atom stereocenters. The van der Waals surface area contributed by atoms with Crippen LogP contribution in [0.2, 0.25) is 0 Å². The van der Waals surface area contributed by atoms with E-state index in [1.165, 1.54) is 0 Å². The molecule has 2 rings (SSSR count). The zero-order valence-electron chi connectivity index (χ0n) is 5.84. The number of nitrogens with two attached hydrogens (primary N) is 1. The first-order chi connectivity index (χ1) is 4.77. The van der Waals surface area contributed by atoms with Crippen LogP contribution in [-0.2, 0) is 4.79 Å². The van der Waals surface area contributed by atoms with E-state index in [0.29, 0.717) is 6.04 Å². The van der Waals surface area contributed by atoms with Gasteiger partial charge in [-0.3, -0.25) is 4.79 Å². The van der Waals surface area contributed by atoms with Gasteiger partial charge in [0, 0.05) is 12.1 Å². The first-order valence-electron chi connectivity index (χ1n) is 3.83. The van der Waals surface area contributed by atoms with E-state index in [0.717, 1.165) is 19.3 Å². The zero-order chi connectivity index (χ0) is 7.14. The Balaban J connectivity index is 2.17. The molecule has 2 bridgehead atoms. The molecule has 0 radical (unpaired) electrons. The lowest BCUT2D eigenvalue weighted by molar-refractivity contribution is -0.122. The molecule has 3 nitrogen and oxygen atoms in total. The van der Waals surface area contributed by atoms with Crippen LogP contribution >= 0.6 is 0 Å². The highest BCUT2D eigenvalue weighted by molar-refractivity contribution is 5.82. The summed E-state index contributed by atoms with van der Waals surface area (Å²) in [5.41, 5.74) is 5.75. The van der Waals surface area contributed by atoms with Crippen molar-refractivity contribution in [3.8, 4) is 0 Å². The molecule has 0 aromatic carbocycles. The Morgan fingerprint density at radius 3 is 3.00 bits per heavy atom. The minimum atomic E-state index is 0.124. The molecule has 1 saturated heterocycles. The standard InChI is InChI=1S/C7H12N2O/c8-6-2-1-4-3-5(6)7(10)9-4/h4-6H,1-3,8H2,(H,9,10)/t4-,5+,6+/m1/s1. The van der Waals surface area contributed by atoms with Crippen LogP contribution < -0.4 is 11.1 Å². The highest BCUT2D eigenvalue weighted by Crippen LogP contribution is 2.28. The maximum absolute atomic E-state index is 11.1. The van der Waals surface area contributed by atoms with E-state index < -0.39 is 0 Å². The monoisotopic (exact) mass is 140 g/mol. The van der Waals surface area contributed by atoms with Gasteiger partial charge in [0.15, 0.2) is 0 Å². The second-order valence-electron chi connectivity index (χ2n) is 3.29. The summed E-state index contributed by atoms with van der Waals surface area (Å²) >= 11 is 0. The topological polar surface area (TPSA) is 55.1 Å². The van der Waals surface area contributed by atoms with Gasteiger partial charge in [-0.1, -0.05) is 0 Å². The van der Waals surface area contributed by atoms with E-state index in [1.807, 2.05) is 0 Å². The molecule has 1 aliphatic heterocycles. The second kappa shape index (κ2) is 1.95. The van der Waals surface area contributed by atoms with Gasteiger partial charge in [0.05, 0.1) is 5.92 Å². The fourth-order valence-corrected chi connectivity index (χ4v) is 1.93. The van der Waals surface area contributed by atoms with Crippen molar-refractivity contribution in [2.45, 2.75) is 31.3 Å². The summed E-state index contributed by atoms with van der Waals surface area (Å²) in [4.78, 5) is 11.1. The van der Waals surface area contributed by atoms with E-state index in [-0.39, 0.29) is 17.9 Å². The van der Waals surface area contributed by atoms with Crippen LogP contribution in [-0.4, -0.2) is 18.0 Å². The number of carbonyl (C=O) groups excluding carboxylic acids is 1. The average Bonchev–Trinajstić information content (AvgIpc) is 2.21. The molecule has 3 N–H and O–H groups in total. The van der Waals surface area contributed by atoms with Gasteiger partial charge in [0.2, 0.25) is 5.91 Å². The van der Waals surface area contributed by atoms with Crippen molar-refractivity contribution in [3.05, 3.63) is 0 Å². The summed E-state index contributed by atoms with van der Waals surface area (Å²) in [5.74, 6) is 0.300. The molecular weight excluding hydrogens is 128 g/mol. The Morgan fingerprint density at radius 1 is 1.50 bits per heavy atom. The Kier molecular flexibility index (Phi) is 1.20. The molecule has 1 saturated carbocycles. The maximum atomic E-state index is 11.1. The fourth-order valence-electron chi connectivity index (χ4n) is 1.93. The number of carbonyl (C=O) groups is 1. The molecule has 2 fully saturated rings. The van der Waals surface area contributed by atoms with Gasteiger partial charge in [-0.15, -0.1) is 0 Å². The van der Waals surface area contributed by atoms with Crippen LogP contribution in [0.3, 0.4) is 0 Å². The smallest absolute Gasteiger partial charge is 0.224 e. The third kappa shape index (κ3) is 0.736. The predicted molar refractivity (Wildman–Crippen MR) is 37.2 cm³/mol. The van der Waals surface area contributed by atoms with Crippen molar-refractivity contribution in [2.75, 3.05) is 0 Å². The van der Waals surface area contributed by atoms with Gasteiger partial charge in [-0.25, -0.2) is 0 Å². The van der Waals surface area contributed by atoms with E-state index in [2.05, 4.69) is 5.32 Å². The summed E-state index contributed by atoms with van der Waals surface area (Å²) in [6, 6.07) is 0.566. The summed E-state index contributed by atoms with van der Waals surface area (Å²) < 4.78 is 0. The molecule has 1 heterocycles. The van der Waals surface area contributed by atoms with E-state index >= 15 is 0 Å². The molecule has 1 amide bonds. The van der Waals surface area contributed by atoms with Gasteiger partial charge >= 0.3 is 0 Å². The zero-order valence-corrected chi connectivity index (χ0v) is 5.84. The van der Waals surface area contributed by atoms with Crippen LogP contribution in [0.5, 0.6) is 0 Å². The van der Waals surface area contributed by atoms with E-state index in [1.54, 1.807) is 0 Å². The fraction of sp³-hybridized carbons (Fsp3) is 0.857. The van der Waals surface area contributed by atoms with Crippen molar-refractivity contribution < 1.29 is 4.79 Å². The van der Waals surface area contributed by atoms with Crippen molar-refractivity contribution in [2.24, 2.45) is 11.7 Å². The lowest BCUT2D eigenvalue weighted by Crippen LogP contribution is -2.35. The number of hydrogen-bond acceptors (Lipinski definition) is 2. The molecule has 0 spiro atoms. The molecule has 0 aromatic rings. The summed E-state index contributed by atoms with van der Waals surface area (Å²) in [6.45, 7) is 0. The van der Waals surface area contributed by atoms with Crippen LogP contribution in [0.1, 0.15) is 19.3 Å². The summed E-state index contributed by atoms with van der Waals surface area (Å²) in [7, 11) is 0. The van der Waals surface area contributed by atoms with Gasteiger partial charge < -0.3 is 11.1 Å². The predicted octanol–water partition coefficient (Wildman–Crippen LogP) is -0.388. The van der Waals surface area contributed by atoms with Crippen LogP contribution in [0.15, 0.2) is 0 Å². The minimum absolute atomic E-state index is 0.124. The molecule has 0 aromatic heterocycles. The van der Waals surface area contributed by atoms with Crippen molar-refractivity contribution in [1.82, 2.24) is 5.32 Å². The molecular formula is C7H12N2O. The van der Waals surface area contributed by atoms with Gasteiger partial charge in [-0.05, 0) is 19.3 Å². The lowest BCUT2D eigenvalue weighted by atomic mass is 9.86. The third-order valence-electron chi connectivity index (χ3n) is 2.59. The first kappa shape index (κ1) is 6.16. The number of nitrogens with one attached hydrogen (secondary N) is 1. The van der Waals surface area contributed by atoms with E-state index in [9.17, 15) is 4.79 Å². The first-order valence-corrected chi connectivity index (χ1v) is 3.83. The summed E-state index contributed by atoms with van der Waals surface area (Å²) in [5, 5.41) is 2.93. The average molecular weight is 140 g/mol. The Bertz CT molecular complexity index is 169. The normalized spacial score (nSPS) is 45.3. The Morgan fingerprint density at radius 2 is 2.30 bits per heavy atom. The Labute approximate surface area is 60.0 Å².